The molecule has 3 rings (SSSR count). The number of hydrogen-bond donors (Lipinski definition) is 1. The summed E-state index contributed by atoms with van der Waals surface area (Å²) in [5.74, 6) is 1.58. The molecule has 1 aromatic carbocycles. The number of halogens is 2. The van der Waals surface area contributed by atoms with Crippen LogP contribution >= 0.6 is 0 Å². The summed E-state index contributed by atoms with van der Waals surface area (Å²) < 4.78 is 35.6. The molecule has 0 amide bonds. The summed E-state index contributed by atoms with van der Waals surface area (Å²) in [5, 5.41) is 0. The molecular formula is C17H18F2N2O2. The molecule has 0 aliphatic heterocycles. The van der Waals surface area contributed by atoms with Gasteiger partial charge in [-0.25, -0.2) is 4.98 Å². The highest BCUT2D eigenvalue weighted by Gasteiger charge is 2.20. The Morgan fingerprint density at radius 2 is 2.17 bits per heavy atom. The van der Waals surface area contributed by atoms with Gasteiger partial charge in [-0.15, -0.1) is 0 Å². The molecule has 1 aromatic heterocycles. The Bertz CT molecular complexity index is 653. The van der Waals surface area contributed by atoms with Gasteiger partial charge in [-0.1, -0.05) is 18.6 Å². The standard InChI is InChI=1S/C17H18F2N2O2/c18-17(19)23-14-6-2-5-13(7-8-15-20-9-10-21-15)16(14)22-11-12-3-1-4-12/h2,5-10,12,17H,1,3-4,11H2,(H,20,21)/b8-7+. The van der Waals surface area contributed by atoms with Gasteiger partial charge in [-0.2, -0.15) is 8.78 Å². The van der Waals surface area contributed by atoms with Crippen LogP contribution in [0.25, 0.3) is 12.2 Å². The molecule has 23 heavy (non-hydrogen) atoms. The van der Waals surface area contributed by atoms with E-state index in [1.165, 1.54) is 12.5 Å². The zero-order valence-corrected chi connectivity index (χ0v) is 12.5. The molecule has 1 aliphatic carbocycles. The lowest BCUT2D eigenvalue weighted by Gasteiger charge is -2.26. The number of H-pyrrole nitrogens is 1. The fraction of sp³-hybridized carbons (Fsp3) is 0.353. The van der Waals surface area contributed by atoms with Crippen molar-refractivity contribution in [2.45, 2.75) is 25.9 Å². The Labute approximate surface area is 133 Å². The second-order valence-electron chi connectivity index (χ2n) is 5.47. The predicted octanol–water partition coefficient (Wildman–Crippen LogP) is 4.36. The molecule has 122 valence electrons. The third-order valence-electron chi connectivity index (χ3n) is 3.85. The van der Waals surface area contributed by atoms with Crippen molar-refractivity contribution in [3.63, 3.8) is 0 Å². The van der Waals surface area contributed by atoms with Gasteiger partial charge in [-0.3, -0.25) is 0 Å². The van der Waals surface area contributed by atoms with Crippen molar-refractivity contribution in [2.75, 3.05) is 6.61 Å². The molecule has 1 N–H and O–H groups in total. The zero-order chi connectivity index (χ0) is 16.1. The van der Waals surface area contributed by atoms with E-state index < -0.39 is 6.61 Å². The highest BCUT2D eigenvalue weighted by Crippen LogP contribution is 2.35. The summed E-state index contributed by atoms with van der Waals surface area (Å²) in [7, 11) is 0. The van der Waals surface area contributed by atoms with Crippen molar-refractivity contribution in [3.05, 3.63) is 42.0 Å². The van der Waals surface area contributed by atoms with E-state index in [9.17, 15) is 8.78 Å². The van der Waals surface area contributed by atoms with Gasteiger partial charge >= 0.3 is 6.61 Å². The molecule has 1 saturated carbocycles. The lowest BCUT2D eigenvalue weighted by molar-refractivity contribution is -0.0517. The Kier molecular flexibility index (Phi) is 4.90. The summed E-state index contributed by atoms with van der Waals surface area (Å²) in [6.45, 7) is -2.36. The lowest BCUT2D eigenvalue weighted by Crippen LogP contribution is -2.20. The molecule has 0 radical (unpaired) electrons. The van der Waals surface area contributed by atoms with Gasteiger partial charge in [0.2, 0.25) is 0 Å². The third-order valence-corrected chi connectivity index (χ3v) is 3.85. The van der Waals surface area contributed by atoms with Gasteiger partial charge in [0, 0.05) is 18.0 Å². The maximum absolute atomic E-state index is 12.6. The maximum atomic E-state index is 12.6. The van der Waals surface area contributed by atoms with Crippen LogP contribution in [0.2, 0.25) is 0 Å². The van der Waals surface area contributed by atoms with Gasteiger partial charge in [0.25, 0.3) is 0 Å². The second kappa shape index (κ2) is 7.26. The monoisotopic (exact) mass is 320 g/mol. The first-order valence-corrected chi connectivity index (χ1v) is 7.60. The number of aromatic nitrogens is 2. The highest BCUT2D eigenvalue weighted by molar-refractivity contribution is 5.72. The van der Waals surface area contributed by atoms with E-state index in [4.69, 9.17) is 4.74 Å². The quantitative estimate of drug-likeness (QED) is 0.824. The van der Waals surface area contributed by atoms with Crippen LogP contribution in [0.15, 0.2) is 30.6 Å². The first-order valence-electron chi connectivity index (χ1n) is 7.60. The number of nitrogens with zero attached hydrogens (tertiary/aromatic N) is 1. The molecule has 0 bridgehead atoms. The van der Waals surface area contributed by atoms with Crippen LogP contribution in [0.3, 0.4) is 0 Å². The topological polar surface area (TPSA) is 47.1 Å². The maximum Gasteiger partial charge on any atom is 0.387 e. The predicted molar refractivity (Wildman–Crippen MR) is 83.4 cm³/mol. The number of benzene rings is 1. The average molecular weight is 320 g/mol. The highest BCUT2D eigenvalue weighted by atomic mass is 19.3. The minimum atomic E-state index is -2.88. The normalized spacial score (nSPS) is 15.1. The number of rotatable bonds is 7. The number of aromatic amines is 1. The molecule has 4 nitrogen and oxygen atoms in total. The fourth-order valence-electron chi connectivity index (χ4n) is 2.41. The summed E-state index contributed by atoms with van der Waals surface area (Å²) >= 11 is 0. The van der Waals surface area contributed by atoms with E-state index in [2.05, 4.69) is 14.7 Å². The molecule has 0 atom stereocenters. The molecule has 0 unspecified atom stereocenters. The molecule has 2 aromatic rings. The van der Waals surface area contributed by atoms with Crippen LogP contribution in [0, 0.1) is 5.92 Å². The molecule has 1 aliphatic rings. The molecule has 1 fully saturated rings. The smallest absolute Gasteiger partial charge is 0.387 e. The van der Waals surface area contributed by atoms with E-state index in [1.807, 2.05) is 0 Å². The average Bonchev–Trinajstić information content (AvgIpc) is 2.98. The van der Waals surface area contributed by atoms with Crippen LogP contribution in [0.4, 0.5) is 8.78 Å². The minimum absolute atomic E-state index is 0.0564. The summed E-state index contributed by atoms with van der Waals surface area (Å²) in [6.07, 6.45) is 10.3. The fourth-order valence-corrected chi connectivity index (χ4v) is 2.41. The van der Waals surface area contributed by atoms with Crippen molar-refractivity contribution in [2.24, 2.45) is 5.92 Å². The van der Waals surface area contributed by atoms with Crippen LogP contribution in [0.5, 0.6) is 11.5 Å². The van der Waals surface area contributed by atoms with E-state index in [0.717, 1.165) is 12.8 Å². The van der Waals surface area contributed by atoms with Crippen LogP contribution in [-0.4, -0.2) is 23.2 Å². The van der Waals surface area contributed by atoms with Gasteiger partial charge in [0.15, 0.2) is 11.5 Å². The molecule has 6 heteroatoms. The van der Waals surface area contributed by atoms with Gasteiger partial charge in [0.05, 0.1) is 6.61 Å². The van der Waals surface area contributed by atoms with Crippen molar-refractivity contribution < 1.29 is 18.3 Å². The largest absolute Gasteiger partial charge is 0.489 e. The number of alkyl halides is 2. The van der Waals surface area contributed by atoms with E-state index >= 15 is 0 Å². The summed E-state index contributed by atoms with van der Waals surface area (Å²) in [6, 6.07) is 4.95. The van der Waals surface area contributed by atoms with Gasteiger partial charge in [0.1, 0.15) is 5.82 Å². The van der Waals surface area contributed by atoms with Crippen molar-refractivity contribution in [3.8, 4) is 11.5 Å². The molecule has 1 heterocycles. The molecule has 0 spiro atoms. The van der Waals surface area contributed by atoms with E-state index in [0.29, 0.717) is 29.7 Å². The van der Waals surface area contributed by atoms with Crippen LogP contribution in [-0.2, 0) is 0 Å². The Morgan fingerprint density at radius 3 is 2.83 bits per heavy atom. The van der Waals surface area contributed by atoms with Crippen molar-refractivity contribution >= 4 is 12.2 Å². The van der Waals surface area contributed by atoms with Crippen molar-refractivity contribution in [1.82, 2.24) is 9.97 Å². The SMILES string of the molecule is FC(F)Oc1cccc(/C=C/c2ncc[nH]2)c1OCC1CCC1. The molecule has 0 saturated heterocycles. The molecular weight excluding hydrogens is 302 g/mol. The lowest BCUT2D eigenvalue weighted by atomic mass is 9.86. The van der Waals surface area contributed by atoms with E-state index in [1.54, 1.807) is 36.7 Å². The second-order valence-corrected chi connectivity index (χ2v) is 5.47. The first kappa shape index (κ1) is 15.5. The van der Waals surface area contributed by atoms with Gasteiger partial charge < -0.3 is 14.5 Å². The number of hydrogen-bond acceptors (Lipinski definition) is 3. The van der Waals surface area contributed by atoms with Crippen LogP contribution in [0.1, 0.15) is 30.7 Å². The van der Waals surface area contributed by atoms with Crippen molar-refractivity contribution in [1.29, 1.82) is 0 Å². The number of para-hydroxylation sites is 1. The van der Waals surface area contributed by atoms with Crippen LogP contribution < -0.4 is 9.47 Å². The number of imidazole rings is 1. The third kappa shape index (κ3) is 4.09. The first-order chi connectivity index (χ1) is 11.2. The zero-order valence-electron chi connectivity index (χ0n) is 12.5. The number of ether oxygens (including phenoxy) is 2. The Hall–Kier alpha value is -2.37. The van der Waals surface area contributed by atoms with Gasteiger partial charge in [-0.05, 0) is 37.0 Å². The number of nitrogens with one attached hydrogen (secondary N) is 1. The summed E-state index contributed by atoms with van der Waals surface area (Å²) in [4.78, 5) is 7.05. The van der Waals surface area contributed by atoms with E-state index in [-0.39, 0.29) is 5.75 Å². The Balaban J connectivity index is 1.82. The summed E-state index contributed by atoms with van der Waals surface area (Å²) in [5.41, 5.74) is 0.680. The minimum Gasteiger partial charge on any atom is -0.489 e. The Morgan fingerprint density at radius 1 is 1.30 bits per heavy atom.